The molecule has 1 aliphatic heterocycles. The van der Waals surface area contributed by atoms with Crippen molar-refractivity contribution < 1.29 is 28.2 Å². The number of hydrogen-bond donors (Lipinski definition) is 0. The summed E-state index contributed by atoms with van der Waals surface area (Å²) in [5, 5.41) is 2.37. The lowest BCUT2D eigenvalue weighted by atomic mass is 9.43. The standard InChI is InChI=1S/C52H68O6Si/c1-33(2)44(58-59(50(5,6)7,39-21-15-11-16-22-39)40-23-17-12-18-24-40)32-45-34(3)48-46(56-45)30-43-41-26-25-37-29-38(55-35(4)53)27-28-51(37,8)42(41)31-47(52(43,48)9)57-49(54)36-19-13-10-14-20-36/h10-24,34,37-38,41-48H,1,25-32H2,2-9H3/t34-,37+,38+,41-,42+,43+,44-,45-,46+,47-,48+,51+,52-/m1/s1. The van der Waals surface area contributed by atoms with Gasteiger partial charge in [-0.2, -0.15) is 0 Å². The normalized spacial score (nSPS) is 35.7. The SMILES string of the molecule is C=C(C)[C@@H](C[C@H]1O[C@H]2C[C@H]3[C@@H]4CC[C@H]5C[C@@H](OC(C)=O)CC[C@]5(C)[C@H]4C[C@@H](OC(=O)c4ccccc4)[C@]3(C)[C@H]2[C@@H]1C)O[Si](c1ccccc1)(c1ccccc1)C(C)(C)C. The number of hydrogen-bond acceptors (Lipinski definition) is 6. The van der Waals surface area contributed by atoms with Gasteiger partial charge in [-0.25, -0.2) is 4.79 Å². The Labute approximate surface area is 355 Å². The first-order chi connectivity index (χ1) is 28.1. The van der Waals surface area contributed by atoms with Crippen LogP contribution in [-0.4, -0.2) is 50.8 Å². The minimum atomic E-state index is -2.85. The third-order valence-electron chi connectivity index (χ3n) is 16.6. The Morgan fingerprint density at radius 1 is 0.831 bits per heavy atom. The van der Waals surface area contributed by atoms with Crippen LogP contribution in [0.15, 0.2) is 103 Å². The van der Waals surface area contributed by atoms with Gasteiger partial charge in [-0.05, 0) is 120 Å². The molecule has 0 amide bonds. The largest absolute Gasteiger partial charge is 0.463 e. The predicted molar refractivity (Wildman–Crippen MR) is 237 cm³/mol. The van der Waals surface area contributed by atoms with Crippen LogP contribution in [0.3, 0.4) is 0 Å². The van der Waals surface area contributed by atoms with E-state index in [1.165, 1.54) is 23.7 Å². The third-order valence-corrected chi connectivity index (χ3v) is 21.6. The number of esters is 2. The van der Waals surface area contributed by atoms with Crippen LogP contribution >= 0.6 is 0 Å². The van der Waals surface area contributed by atoms with Crippen molar-refractivity contribution in [2.24, 2.45) is 46.3 Å². The molecule has 13 atom stereocenters. The molecule has 0 aromatic heterocycles. The number of carbonyl (C=O) groups is 2. The van der Waals surface area contributed by atoms with Crippen molar-refractivity contribution in [2.75, 3.05) is 0 Å². The molecule has 8 rings (SSSR count). The molecule has 6 nitrogen and oxygen atoms in total. The quantitative estimate of drug-likeness (QED) is 0.115. The summed E-state index contributed by atoms with van der Waals surface area (Å²) in [6.07, 6.45) is 7.44. The summed E-state index contributed by atoms with van der Waals surface area (Å²) in [6, 6.07) is 31.3. The number of rotatable bonds is 10. The van der Waals surface area contributed by atoms with E-state index in [-0.39, 0.29) is 70.2 Å². The van der Waals surface area contributed by atoms with E-state index in [4.69, 9.17) is 18.6 Å². The van der Waals surface area contributed by atoms with E-state index in [0.717, 1.165) is 50.5 Å². The van der Waals surface area contributed by atoms with Crippen molar-refractivity contribution in [1.82, 2.24) is 0 Å². The Hall–Kier alpha value is -3.52. The summed E-state index contributed by atoms with van der Waals surface area (Å²) >= 11 is 0. The van der Waals surface area contributed by atoms with Crippen LogP contribution < -0.4 is 10.4 Å². The highest BCUT2D eigenvalue weighted by Gasteiger charge is 2.70. The van der Waals surface area contributed by atoms with Crippen molar-refractivity contribution in [3.63, 3.8) is 0 Å². The highest BCUT2D eigenvalue weighted by Crippen LogP contribution is 2.70. The fourth-order valence-electron chi connectivity index (χ4n) is 13.8. The highest BCUT2D eigenvalue weighted by molar-refractivity contribution is 6.99. The van der Waals surface area contributed by atoms with Gasteiger partial charge in [0.2, 0.25) is 0 Å². The molecule has 1 heterocycles. The van der Waals surface area contributed by atoms with Crippen molar-refractivity contribution >= 4 is 30.6 Å². The van der Waals surface area contributed by atoms with E-state index in [9.17, 15) is 9.59 Å². The summed E-state index contributed by atoms with van der Waals surface area (Å²) in [5.74, 6) is 1.94. The second-order valence-corrected chi connectivity index (χ2v) is 25.0. The van der Waals surface area contributed by atoms with Gasteiger partial charge >= 0.3 is 11.9 Å². The average molecular weight is 817 g/mol. The topological polar surface area (TPSA) is 71.1 Å². The maximum Gasteiger partial charge on any atom is 0.338 e. The summed E-state index contributed by atoms with van der Waals surface area (Å²) in [4.78, 5) is 26.1. The summed E-state index contributed by atoms with van der Waals surface area (Å²) in [7, 11) is -2.85. The van der Waals surface area contributed by atoms with Gasteiger partial charge in [0.15, 0.2) is 0 Å². The Kier molecular flexibility index (Phi) is 11.5. The Balaban J connectivity index is 1.10. The molecule has 5 fully saturated rings. The lowest BCUT2D eigenvalue weighted by Gasteiger charge is -2.62. The first-order valence-corrected chi connectivity index (χ1v) is 24.5. The smallest absolute Gasteiger partial charge is 0.338 e. The van der Waals surface area contributed by atoms with Crippen LogP contribution in [0.5, 0.6) is 0 Å². The first-order valence-electron chi connectivity index (χ1n) is 22.6. The van der Waals surface area contributed by atoms with Gasteiger partial charge < -0.3 is 18.6 Å². The van der Waals surface area contributed by atoms with Gasteiger partial charge in [0.1, 0.15) is 12.2 Å². The van der Waals surface area contributed by atoms with E-state index in [1.807, 2.05) is 30.3 Å². The van der Waals surface area contributed by atoms with Gasteiger partial charge in [0.25, 0.3) is 8.32 Å². The van der Waals surface area contributed by atoms with E-state index >= 15 is 0 Å². The van der Waals surface area contributed by atoms with Crippen molar-refractivity contribution in [1.29, 1.82) is 0 Å². The molecule has 0 unspecified atom stereocenters. The lowest BCUT2D eigenvalue weighted by Crippen LogP contribution is -2.68. The van der Waals surface area contributed by atoms with E-state index in [0.29, 0.717) is 29.2 Å². The molecular formula is C52H68O6Si. The van der Waals surface area contributed by atoms with Gasteiger partial charge in [-0.1, -0.05) is 133 Å². The van der Waals surface area contributed by atoms with Crippen LogP contribution in [0.25, 0.3) is 0 Å². The monoisotopic (exact) mass is 816 g/mol. The molecule has 3 aromatic carbocycles. The molecule has 0 N–H and O–H groups in total. The highest BCUT2D eigenvalue weighted by atomic mass is 28.4. The maximum absolute atomic E-state index is 14.1. The van der Waals surface area contributed by atoms with Crippen LogP contribution in [0.4, 0.5) is 0 Å². The van der Waals surface area contributed by atoms with Gasteiger partial charge in [0, 0.05) is 18.8 Å². The molecule has 4 aliphatic carbocycles. The van der Waals surface area contributed by atoms with Crippen molar-refractivity contribution in [3.8, 4) is 0 Å². The number of benzene rings is 3. The zero-order valence-corrected chi connectivity index (χ0v) is 37.8. The molecule has 3 aromatic rings. The zero-order valence-electron chi connectivity index (χ0n) is 36.8. The van der Waals surface area contributed by atoms with Gasteiger partial charge in [-0.15, -0.1) is 0 Å². The zero-order chi connectivity index (χ0) is 41.9. The van der Waals surface area contributed by atoms with Crippen LogP contribution in [0.2, 0.25) is 5.04 Å². The molecule has 1 saturated heterocycles. The number of ether oxygens (including phenoxy) is 3. The molecule has 0 radical (unpaired) electrons. The third kappa shape index (κ3) is 7.29. The number of carbonyl (C=O) groups excluding carboxylic acids is 2. The second kappa shape index (κ2) is 16.1. The Morgan fingerprint density at radius 3 is 2.02 bits per heavy atom. The molecule has 0 bridgehead atoms. The molecule has 0 spiro atoms. The van der Waals surface area contributed by atoms with Crippen LogP contribution in [0.1, 0.15) is 117 Å². The minimum Gasteiger partial charge on any atom is -0.463 e. The molecule has 316 valence electrons. The van der Waals surface area contributed by atoms with E-state index in [1.54, 1.807) is 0 Å². The summed E-state index contributed by atoms with van der Waals surface area (Å²) in [5.41, 5.74) is 1.51. The second-order valence-electron chi connectivity index (χ2n) is 20.7. The maximum atomic E-state index is 14.1. The molecular weight excluding hydrogens is 749 g/mol. The molecule has 5 aliphatic rings. The van der Waals surface area contributed by atoms with Gasteiger partial charge in [0.05, 0.1) is 23.9 Å². The molecule has 4 saturated carbocycles. The fraction of sp³-hybridized carbons (Fsp3) is 0.577. The average Bonchev–Trinajstić information content (AvgIpc) is 3.69. The molecule has 7 heteroatoms. The van der Waals surface area contributed by atoms with Crippen LogP contribution in [0, 0.1) is 46.3 Å². The van der Waals surface area contributed by atoms with Crippen molar-refractivity contribution in [3.05, 3.63) is 109 Å². The lowest BCUT2D eigenvalue weighted by molar-refractivity contribution is -0.181. The first kappa shape index (κ1) is 42.2. The summed E-state index contributed by atoms with van der Waals surface area (Å²) < 4.78 is 27.8. The Morgan fingerprint density at radius 2 is 1.44 bits per heavy atom. The minimum absolute atomic E-state index is 0.00308. The van der Waals surface area contributed by atoms with Crippen molar-refractivity contribution in [2.45, 2.75) is 142 Å². The van der Waals surface area contributed by atoms with Crippen LogP contribution in [-0.2, 0) is 23.4 Å². The number of fused-ring (bicyclic) bond motifs is 7. The Bertz CT molecular complexity index is 1940. The molecule has 59 heavy (non-hydrogen) atoms. The van der Waals surface area contributed by atoms with E-state index < -0.39 is 8.32 Å². The predicted octanol–water partition coefficient (Wildman–Crippen LogP) is 10.3. The summed E-state index contributed by atoms with van der Waals surface area (Å²) in [6.45, 7) is 22.6. The van der Waals surface area contributed by atoms with E-state index in [2.05, 4.69) is 116 Å². The fourth-order valence-corrected chi connectivity index (χ4v) is 18.6. The van der Waals surface area contributed by atoms with Gasteiger partial charge in [-0.3, -0.25) is 4.79 Å².